The van der Waals surface area contributed by atoms with Crippen molar-refractivity contribution in [3.8, 4) is 0 Å². The summed E-state index contributed by atoms with van der Waals surface area (Å²) < 4.78 is 5.43. The lowest BCUT2D eigenvalue weighted by Crippen LogP contribution is -2.33. The summed E-state index contributed by atoms with van der Waals surface area (Å²) in [5, 5.41) is 5.65. The number of nitrogens with one attached hydrogen (secondary N) is 2. The number of hydrogen-bond acceptors (Lipinski definition) is 2. The van der Waals surface area contributed by atoms with E-state index in [0.717, 1.165) is 45.3 Å². The number of hydrogen-bond donors (Lipinski definition) is 2. The number of ether oxygens (including phenoxy) is 1. The summed E-state index contributed by atoms with van der Waals surface area (Å²) in [5.74, 6) is 0. The Hall–Kier alpha value is -1.03. The van der Waals surface area contributed by atoms with Crippen LogP contribution < -0.4 is 10.6 Å². The lowest BCUT2D eigenvalue weighted by Gasteiger charge is -2.13. The van der Waals surface area contributed by atoms with E-state index in [1.807, 2.05) is 6.20 Å². The van der Waals surface area contributed by atoms with Crippen LogP contribution in [0.3, 0.4) is 0 Å². The van der Waals surface area contributed by atoms with Crippen LogP contribution in [0.1, 0.15) is 58.3 Å². The lowest BCUT2D eigenvalue weighted by molar-refractivity contribution is 0.129. The SMILES string of the molecule is CCCCOCCCNC(=O)NC=C1CCCCC1. The maximum atomic E-state index is 11.5. The molecule has 19 heavy (non-hydrogen) atoms. The second-order valence-electron chi connectivity index (χ2n) is 5.08. The molecule has 1 aliphatic rings. The molecule has 1 rings (SSSR count). The quantitative estimate of drug-likeness (QED) is 0.663. The van der Waals surface area contributed by atoms with E-state index in [0.29, 0.717) is 6.54 Å². The van der Waals surface area contributed by atoms with Crippen molar-refractivity contribution in [2.75, 3.05) is 19.8 Å². The highest BCUT2D eigenvalue weighted by molar-refractivity contribution is 5.74. The predicted octanol–water partition coefficient (Wildman–Crippen LogP) is 3.34. The summed E-state index contributed by atoms with van der Waals surface area (Å²) in [6, 6.07) is -0.105. The fraction of sp³-hybridized carbons (Fsp3) is 0.800. The Morgan fingerprint density at radius 1 is 1.21 bits per heavy atom. The van der Waals surface area contributed by atoms with Crippen LogP contribution in [-0.4, -0.2) is 25.8 Å². The highest BCUT2D eigenvalue weighted by atomic mass is 16.5. The second-order valence-corrected chi connectivity index (χ2v) is 5.08. The molecule has 2 amide bonds. The molecule has 0 aromatic rings. The van der Waals surface area contributed by atoms with Crippen molar-refractivity contribution < 1.29 is 9.53 Å². The second kappa shape index (κ2) is 10.9. The zero-order chi connectivity index (χ0) is 13.8. The Morgan fingerprint density at radius 2 is 1.95 bits per heavy atom. The molecule has 0 spiro atoms. The highest BCUT2D eigenvalue weighted by Crippen LogP contribution is 2.21. The molecule has 4 nitrogen and oxygen atoms in total. The molecule has 0 aromatic heterocycles. The number of unbranched alkanes of at least 4 members (excludes halogenated alkanes) is 1. The highest BCUT2D eigenvalue weighted by Gasteiger charge is 2.05. The first-order valence-electron chi connectivity index (χ1n) is 7.63. The topological polar surface area (TPSA) is 50.4 Å². The molecule has 0 heterocycles. The van der Waals surface area contributed by atoms with Gasteiger partial charge < -0.3 is 15.4 Å². The van der Waals surface area contributed by atoms with Crippen LogP contribution in [0.2, 0.25) is 0 Å². The van der Waals surface area contributed by atoms with Crippen molar-refractivity contribution in [1.82, 2.24) is 10.6 Å². The van der Waals surface area contributed by atoms with Crippen LogP contribution in [0, 0.1) is 0 Å². The van der Waals surface area contributed by atoms with Crippen molar-refractivity contribution in [1.29, 1.82) is 0 Å². The number of rotatable bonds is 8. The molecule has 0 aromatic carbocycles. The summed E-state index contributed by atoms with van der Waals surface area (Å²) in [5.41, 5.74) is 1.37. The molecule has 0 atom stereocenters. The first kappa shape index (κ1) is 16.0. The lowest BCUT2D eigenvalue weighted by atomic mass is 9.96. The summed E-state index contributed by atoms with van der Waals surface area (Å²) in [6.45, 7) is 4.37. The first-order chi connectivity index (χ1) is 9.33. The Morgan fingerprint density at radius 3 is 2.68 bits per heavy atom. The van der Waals surface area contributed by atoms with Crippen molar-refractivity contribution in [2.45, 2.75) is 58.3 Å². The number of carbonyl (C=O) groups is 1. The molecular formula is C15H28N2O2. The van der Waals surface area contributed by atoms with E-state index >= 15 is 0 Å². The average Bonchev–Trinajstić information content (AvgIpc) is 2.45. The Balaban J connectivity index is 1.95. The van der Waals surface area contributed by atoms with E-state index in [1.54, 1.807) is 0 Å². The number of amides is 2. The summed E-state index contributed by atoms with van der Waals surface area (Å²) in [4.78, 5) is 11.5. The minimum atomic E-state index is -0.105. The minimum Gasteiger partial charge on any atom is -0.381 e. The molecule has 1 fully saturated rings. The Kier molecular flexibility index (Phi) is 9.15. The van der Waals surface area contributed by atoms with Crippen molar-refractivity contribution in [3.63, 3.8) is 0 Å². The van der Waals surface area contributed by atoms with Gasteiger partial charge in [0, 0.05) is 26.0 Å². The summed E-state index contributed by atoms with van der Waals surface area (Å²) in [7, 11) is 0. The minimum absolute atomic E-state index is 0.105. The molecule has 0 bridgehead atoms. The van der Waals surface area contributed by atoms with Crippen LogP contribution in [0.5, 0.6) is 0 Å². The van der Waals surface area contributed by atoms with Crippen molar-refractivity contribution >= 4 is 6.03 Å². The van der Waals surface area contributed by atoms with Gasteiger partial charge >= 0.3 is 6.03 Å². The standard InChI is InChI=1S/C15H28N2O2/c1-2-3-11-19-12-7-10-16-15(18)17-13-14-8-5-4-6-9-14/h13H,2-12H2,1H3,(H2,16,17,18). The fourth-order valence-corrected chi connectivity index (χ4v) is 2.09. The average molecular weight is 268 g/mol. The predicted molar refractivity (Wildman–Crippen MR) is 78.0 cm³/mol. The van der Waals surface area contributed by atoms with Crippen molar-refractivity contribution in [3.05, 3.63) is 11.8 Å². The monoisotopic (exact) mass is 268 g/mol. The number of urea groups is 1. The third-order valence-electron chi connectivity index (χ3n) is 3.30. The van der Waals surface area contributed by atoms with E-state index in [9.17, 15) is 4.79 Å². The van der Waals surface area contributed by atoms with E-state index in [2.05, 4.69) is 17.6 Å². The molecule has 4 heteroatoms. The molecular weight excluding hydrogens is 240 g/mol. The van der Waals surface area contributed by atoms with Gasteiger partial charge in [-0.25, -0.2) is 4.79 Å². The van der Waals surface area contributed by atoms with E-state index in [4.69, 9.17) is 4.74 Å². The van der Waals surface area contributed by atoms with Crippen LogP contribution in [0.25, 0.3) is 0 Å². The van der Waals surface area contributed by atoms with Crippen LogP contribution in [0.15, 0.2) is 11.8 Å². The van der Waals surface area contributed by atoms with Crippen LogP contribution in [-0.2, 0) is 4.74 Å². The Bertz CT molecular complexity index is 269. The van der Waals surface area contributed by atoms with Gasteiger partial charge in [-0.15, -0.1) is 0 Å². The number of carbonyl (C=O) groups excluding carboxylic acids is 1. The van der Waals surface area contributed by atoms with Crippen molar-refractivity contribution in [2.24, 2.45) is 0 Å². The molecule has 110 valence electrons. The largest absolute Gasteiger partial charge is 0.381 e. The maximum absolute atomic E-state index is 11.5. The molecule has 0 radical (unpaired) electrons. The van der Waals surface area contributed by atoms with Gasteiger partial charge in [-0.2, -0.15) is 0 Å². The van der Waals surface area contributed by atoms with Gasteiger partial charge in [-0.05, 0) is 38.5 Å². The normalized spacial score (nSPS) is 15.1. The van der Waals surface area contributed by atoms with Gasteiger partial charge in [0.2, 0.25) is 0 Å². The Labute approximate surface area is 117 Å². The molecule has 1 aliphatic carbocycles. The third kappa shape index (κ3) is 8.65. The van der Waals surface area contributed by atoms with Crippen LogP contribution >= 0.6 is 0 Å². The van der Waals surface area contributed by atoms with E-state index in [-0.39, 0.29) is 6.03 Å². The maximum Gasteiger partial charge on any atom is 0.318 e. The zero-order valence-corrected chi connectivity index (χ0v) is 12.2. The first-order valence-corrected chi connectivity index (χ1v) is 7.63. The van der Waals surface area contributed by atoms with Gasteiger partial charge in [0.25, 0.3) is 0 Å². The third-order valence-corrected chi connectivity index (χ3v) is 3.30. The fourth-order valence-electron chi connectivity index (χ4n) is 2.09. The summed E-state index contributed by atoms with van der Waals surface area (Å²) in [6.07, 6.45) is 11.1. The van der Waals surface area contributed by atoms with Gasteiger partial charge in [0.05, 0.1) is 0 Å². The molecule has 0 unspecified atom stereocenters. The van der Waals surface area contributed by atoms with Gasteiger partial charge in [-0.1, -0.05) is 25.3 Å². The molecule has 2 N–H and O–H groups in total. The molecule has 0 saturated heterocycles. The van der Waals surface area contributed by atoms with E-state index in [1.165, 1.54) is 24.8 Å². The summed E-state index contributed by atoms with van der Waals surface area (Å²) >= 11 is 0. The van der Waals surface area contributed by atoms with Gasteiger partial charge in [0.1, 0.15) is 0 Å². The molecule has 0 aliphatic heterocycles. The zero-order valence-electron chi connectivity index (χ0n) is 12.2. The molecule has 1 saturated carbocycles. The van der Waals surface area contributed by atoms with Gasteiger partial charge in [0.15, 0.2) is 0 Å². The van der Waals surface area contributed by atoms with Gasteiger partial charge in [-0.3, -0.25) is 0 Å². The van der Waals surface area contributed by atoms with E-state index < -0.39 is 0 Å². The van der Waals surface area contributed by atoms with Crippen LogP contribution in [0.4, 0.5) is 4.79 Å². The number of allylic oxidation sites excluding steroid dienone is 1. The smallest absolute Gasteiger partial charge is 0.318 e.